The Morgan fingerprint density at radius 1 is 1.38 bits per heavy atom. The fraction of sp³-hybridized carbons (Fsp3) is 0.412. The summed E-state index contributed by atoms with van der Waals surface area (Å²) >= 11 is 0. The maximum absolute atomic E-state index is 11.2. The molecule has 1 fully saturated rings. The molecule has 7 heteroatoms. The van der Waals surface area contributed by atoms with E-state index < -0.39 is 0 Å². The Morgan fingerprint density at radius 3 is 3.00 bits per heavy atom. The van der Waals surface area contributed by atoms with Gasteiger partial charge in [0.25, 0.3) is 5.69 Å². The van der Waals surface area contributed by atoms with Crippen molar-refractivity contribution in [3.05, 3.63) is 58.0 Å². The first-order valence-corrected chi connectivity index (χ1v) is 8.11. The van der Waals surface area contributed by atoms with E-state index >= 15 is 0 Å². The van der Waals surface area contributed by atoms with E-state index in [1.54, 1.807) is 18.5 Å². The van der Waals surface area contributed by atoms with Crippen LogP contribution in [0.1, 0.15) is 24.1 Å². The monoisotopic (exact) mass is 327 g/mol. The molecule has 1 N–H and O–H groups in total. The van der Waals surface area contributed by atoms with Crippen molar-refractivity contribution in [1.82, 2.24) is 14.9 Å². The van der Waals surface area contributed by atoms with Gasteiger partial charge in [-0.05, 0) is 26.3 Å². The lowest BCUT2D eigenvalue weighted by Crippen LogP contribution is -2.41. The maximum atomic E-state index is 11.2. The van der Waals surface area contributed by atoms with E-state index in [9.17, 15) is 10.1 Å². The van der Waals surface area contributed by atoms with Gasteiger partial charge < -0.3 is 5.32 Å². The fourth-order valence-electron chi connectivity index (χ4n) is 3.12. The van der Waals surface area contributed by atoms with E-state index in [2.05, 4.69) is 20.2 Å². The first-order valence-electron chi connectivity index (χ1n) is 8.11. The third-order valence-corrected chi connectivity index (χ3v) is 4.24. The third-order valence-electron chi connectivity index (χ3n) is 4.24. The van der Waals surface area contributed by atoms with Gasteiger partial charge in [0, 0.05) is 42.5 Å². The summed E-state index contributed by atoms with van der Waals surface area (Å²) in [4.78, 5) is 21.5. The van der Waals surface area contributed by atoms with Crippen molar-refractivity contribution in [2.75, 3.05) is 18.4 Å². The number of nitrogens with one attached hydrogen (secondary N) is 1. The van der Waals surface area contributed by atoms with Gasteiger partial charge in [0.05, 0.1) is 4.92 Å². The number of benzene rings is 1. The molecular formula is C17H21N5O2. The van der Waals surface area contributed by atoms with E-state index in [1.807, 2.05) is 25.1 Å². The van der Waals surface area contributed by atoms with Crippen molar-refractivity contribution in [3.8, 4) is 0 Å². The topological polar surface area (TPSA) is 84.2 Å². The molecule has 1 aromatic carbocycles. The number of aromatic nitrogens is 2. The van der Waals surface area contributed by atoms with E-state index in [4.69, 9.17) is 0 Å². The molecule has 7 nitrogen and oxygen atoms in total. The average Bonchev–Trinajstić information content (AvgIpc) is 2.55. The molecule has 0 saturated carbocycles. The molecule has 0 radical (unpaired) electrons. The molecule has 1 aromatic heterocycles. The summed E-state index contributed by atoms with van der Waals surface area (Å²) in [5.74, 6) is 0.833. The molecule has 1 saturated heterocycles. The molecule has 0 amide bonds. The summed E-state index contributed by atoms with van der Waals surface area (Å²) in [5, 5.41) is 14.6. The van der Waals surface area contributed by atoms with Gasteiger partial charge in [-0.25, -0.2) is 9.97 Å². The van der Waals surface area contributed by atoms with Crippen LogP contribution in [0, 0.1) is 17.0 Å². The van der Waals surface area contributed by atoms with Crippen LogP contribution in [0.4, 0.5) is 11.5 Å². The van der Waals surface area contributed by atoms with Gasteiger partial charge in [-0.1, -0.05) is 18.2 Å². The Bertz CT molecular complexity index is 722. The van der Waals surface area contributed by atoms with Crippen molar-refractivity contribution in [1.29, 1.82) is 0 Å². The van der Waals surface area contributed by atoms with Gasteiger partial charge >= 0.3 is 0 Å². The molecule has 1 aliphatic rings. The lowest BCUT2D eigenvalue weighted by atomic mass is 10.0. The molecule has 1 atom stereocenters. The van der Waals surface area contributed by atoms with Gasteiger partial charge in [0.15, 0.2) is 0 Å². The van der Waals surface area contributed by atoms with Crippen LogP contribution in [0.2, 0.25) is 0 Å². The van der Waals surface area contributed by atoms with E-state index in [-0.39, 0.29) is 16.7 Å². The predicted octanol–water partition coefficient (Wildman–Crippen LogP) is 2.77. The zero-order valence-corrected chi connectivity index (χ0v) is 13.7. The van der Waals surface area contributed by atoms with E-state index in [0.29, 0.717) is 6.54 Å². The second-order valence-corrected chi connectivity index (χ2v) is 6.15. The Morgan fingerprint density at radius 2 is 2.21 bits per heavy atom. The smallest absolute Gasteiger partial charge is 0.273 e. The van der Waals surface area contributed by atoms with Crippen LogP contribution in [0.5, 0.6) is 0 Å². The highest BCUT2D eigenvalue weighted by Gasteiger charge is 2.22. The molecule has 1 aliphatic heterocycles. The lowest BCUT2D eigenvalue weighted by Gasteiger charge is -2.33. The molecular weight excluding hydrogens is 306 g/mol. The molecule has 126 valence electrons. The number of rotatable bonds is 5. The summed E-state index contributed by atoms with van der Waals surface area (Å²) in [6, 6.07) is 9.18. The summed E-state index contributed by atoms with van der Waals surface area (Å²) in [6.45, 7) is 4.33. The quantitative estimate of drug-likeness (QED) is 0.671. The molecule has 0 aliphatic carbocycles. The highest BCUT2D eigenvalue weighted by atomic mass is 16.6. The van der Waals surface area contributed by atoms with Crippen molar-refractivity contribution in [2.24, 2.45) is 0 Å². The summed E-state index contributed by atoms with van der Waals surface area (Å²) in [7, 11) is 0. The van der Waals surface area contributed by atoms with Crippen LogP contribution in [0.3, 0.4) is 0 Å². The van der Waals surface area contributed by atoms with Crippen molar-refractivity contribution in [2.45, 2.75) is 32.4 Å². The van der Waals surface area contributed by atoms with Gasteiger partial charge in [-0.15, -0.1) is 0 Å². The largest absolute Gasteiger partial charge is 0.366 e. The number of piperidine rings is 1. The van der Waals surface area contributed by atoms with Crippen molar-refractivity contribution >= 4 is 11.5 Å². The van der Waals surface area contributed by atoms with Crippen molar-refractivity contribution in [3.63, 3.8) is 0 Å². The van der Waals surface area contributed by atoms with Gasteiger partial charge in [-0.2, -0.15) is 0 Å². The highest BCUT2D eigenvalue weighted by molar-refractivity contribution is 5.40. The zero-order valence-electron chi connectivity index (χ0n) is 13.7. The van der Waals surface area contributed by atoms with Gasteiger partial charge in [0.2, 0.25) is 0 Å². The molecule has 3 rings (SSSR count). The number of anilines is 1. The van der Waals surface area contributed by atoms with Crippen LogP contribution in [-0.4, -0.2) is 38.9 Å². The maximum Gasteiger partial charge on any atom is 0.273 e. The molecule has 0 bridgehead atoms. The molecule has 0 spiro atoms. The lowest BCUT2D eigenvalue weighted by molar-refractivity contribution is -0.385. The van der Waals surface area contributed by atoms with E-state index in [1.165, 1.54) is 0 Å². The number of nitro groups is 1. The number of likely N-dealkylation sites (tertiary alicyclic amines) is 1. The van der Waals surface area contributed by atoms with Crippen LogP contribution < -0.4 is 5.32 Å². The number of nitro benzene ring substituents is 1. The molecule has 1 unspecified atom stereocenters. The molecule has 24 heavy (non-hydrogen) atoms. The normalized spacial score (nSPS) is 18.3. The first kappa shape index (κ1) is 16.3. The third kappa shape index (κ3) is 4.05. The fourth-order valence-corrected chi connectivity index (χ4v) is 3.12. The number of nitrogens with zero attached hydrogens (tertiary/aromatic N) is 4. The van der Waals surface area contributed by atoms with Crippen molar-refractivity contribution < 1.29 is 4.92 Å². The Labute approximate surface area is 140 Å². The minimum absolute atomic E-state index is 0.194. The van der Waals surface area contributed by atoms with Gasteiger partial charge in [0.1, 0.15) is 12.1 Å². The van der Waals surface area contributed by atoms with Crippen LogP contribution >= 0.6 is 0 Å². The summed E-state index contributed by atoms with van der Waals surface area (Å²) in [5.41, 5.74) is 1.89. The summed E-state index contributed by atoms with van der Waals surface area (Å²) in [6.07, 6.45) is 3.68. The van der Waals surface area contributed by atoms with Crippen LogP contribution in [-0.2, 0) is 6.54 Å². The second-order valence-electron chi connectivity index (χ2n) is 6.15. The Hall–Kier alpha value is -2.54. The number of hydrogen-bond donors (Lipinski definition) is 1. The SMILES string of the molecule is Cc1cc(NC2CCCN(Cc3ccccc3[N+](=O)[O-])C2)ncn1. The highest BCUT2D eigenvalue weighted by Crippen LogP contribution is 2.22. The predicted molar refractivity (Wildman–Crippen MR) is 91.8 cm³/mol. The Balaban J connectivity index is 1.65. The first-order chi connectivity index (χ1) is 11.6. The summed E-state index contributed by atoms with van der Waals surface area (Å²) < 4.78 is 0. The minimum Gasteiger partial charge on any atom is -0.366 e. The van der Waals surface area contributed by atoms with Crippen LogP contribution in [0.25, 0.3) is 0 Å². The minimum atomic E-state index is -0.307. The number of aryl methyl sites for hydroxylation is 1. The zero-order chi connectivity index (χ0) is 16.9. The molecule has 2 heterocycles. The average molecular weight is 327 g/mol. The second kappa shape index (κ2) is 7.35. The number of para-hydroxylation sites is 1. The van der Waals surface area contributed by atoms with Crippen LogP contribution in [0.15, 0.2) is 36.7 Å². The number of hydrogen-bond acceptors (Lipinski definition) is 6. The Kier molecular flexibility index (Phi) is 5.00. The van der Waals surface area contributed by atoms with Gasteiger partial charge in [-0.3, -0.25) is 15.0 Å². The molecule has 2 aromatic rings. The standard InChI is InChI=1S/C17H21N5O2/c1-13-9-17(19-12-18-13)20-15-6-4-8-21(11-15)10-14-5-2-3-7-16(14)22(23)24/h2-3,5,7,9,12,15H,4,6,8,10-11H2,1H3,(H,18,19,20). The van der Waals surface area contributed by atoms with E-state index in [0.717, 1.165) is 43.0 Å².